The Bertz CT molecular complexity index is 914. The first-order valence-corrected chi connectivity index (χ1v) is 14.1. The third kappa shape index (κ3) is 4.98. The van der Waals surface area contributed by atoms with Gasteiger partial charge in [0.2, 0.25) is 0 Å². The van der Waals surface area contributed by atoms with Gasteiger partial charge in [-0.25, -0.2) is 0 Å². The fourth-order valence-electron chi connectivity index (χ4n) is 8.91. The van der Waals surface area contributed by atoms with Crippen LogP contribution in [0.25, 0.3) is 10.4 Å². The first-order valence-electron chi connectivity index (χ1n) is 14.1. The average Bonchev–Trinajstić information content (AvgIpc) is 3.19. The summed E-state index contributed by atoms with van der Waals surface area (Å²) in [5, 5.41) is 14.7. The van der Waals surface area contributed by atoms with Crippen molar-refractivity contribution in [3.8, 4) is 0 Å². The van der Waals surface area contributed by atoms with E-state index in [1.54, 1.807) is 12.4 Å². The monoisotopic (exact) mass is 481 g/mol. The third-order valence-electron chi connectivity index (χ3n) is 10.8. The Morgan fingerprint density at radius 2 is 1.77 bits per heavy atom. The minimum atomic E-state index is -0.0598. The first kappa shape index (κ1) is 26.4. The zero-order valence-electron chi connectivity index (χ0n) is 22.7. The van der Waals surface area contributed by atoms with E-state index < -0.39 is 0 Å². The Morgan fingerprint density at radius 3 is 2.46 bits per heavy atom. The lowest BCUT2D eigenvalue weighted by Gasteiger charge is -2.57. The van der Waals surface area contributed by atoms with Crippen molar-refractivity contribution in [3.63, 3.8) is 0 Å². The molecule has 2 fully saturated rings. The molecular weight excluding hydrogens is 434 g/mol. The van der Waals surface area contributed by atoms with Crippen LogP contribution in [0.5, 0.6) is 0 Å². The molecule has 1 aromatic rings. The number of rotatable bonds is 9. The molecule has 0 radical (unpaired) electrons. The Hall–Kier alpha value is -1.65. The lowest BCUT2D eigenvalue weighted by atomic mass is 9.48. The topological polar surface area (TPSA) is 94.8 Å². The number of nitrogens with zero attached hydrogens (tertiary/aromatic N) is 5. The molecule has 35 heavy (non-hydrogen) atoms. The van der Waals surface area contributed by atoms with Gasteiger partial charge < -0.3 is 5.11 Å². The maximum absolute atomic E-state index is 10.5. The second kappa shape index (κ2) is 10.8. The molecule has 1 aromatic heterocycles. The predicted molar refractivity (Wildman–Crippen MR) is 141 cm³/mol. The zero-order chi connectivity index (χ0) is 25.2. The lowest BCUT2D eigenvalue weighted by molar-refractivity contribution is -0.0766. The molecule has 1 heterocycles. The van der Waals surface area contributed by atoms with Gasteiger partial charge in [0.25, 0.3) is 0 Å². The Labute approximate surface area is 212 Å². The molecule has 0 spiro atoms. The number of hydrogen-bond donors (Lipinski definition) is 1. The van der Waals surface area contributed by atoms with E-state index in [4.69, 9.17) is 4.98 Å². The van der Waals surface area contributed by atoms with Crippen molar-refractivity contribution in [3.05, 3.63) is 34.2 Å². The van der Waals surface area contributed by atoms with Crippen molar-refractivity contribution in [1.29, 1.82) is 0 Å². The quantitative estimate of drug-likeness (QED) is 0.233. The van der Waals surface area contributed by atoms with E-state index in [9.17, 15) is 10.6 Å². The molecule has 0 saturated heterocycles. The van der Waals surface area contributed by atoms with E-state index >= 15 is 0 Å². The summed E-state index contributed by atoms with van der Waals surface area (Å²) in [7, 11) is 0. The zero-order valence-corrected chi connectivity index (χ0v) is 22.7. The summed E-state index contributed by atoms with van der Waals surface area (Å²) in [4.78, 5) is 12.5. The van der Waals surface area contributed by atoms with Gasteiger partial charge in [-0.1, -0.05) is 59.0 Å². The summed E-state index contributed by atoms with van der Waals surface area (Å²) in [5.74, 6) is 3.84. The SMILES string of the molecule is CC(C)CCCC(C)[C@H]1CC[C@H]2[C@H](CN=[N+]=[N-])[C@@H]([C@@]3(C)Cc4nccnc4C[C@@H]3CO)CC[C@]12C. The molecule has 1 unspecified atom stereocenters. The molecule has 6 nitrogen and oxygen atoms in total. The van der Waals surface area contributed by atoms with E-state index in [1.165, 1.54) is 38.5 Å². The molecule has 0 aliphatic heterocycles. The molecule has 0 bridgehead atoms. The third-order valence-corrected chi connectivity index (χ3v) is 10.8. The van der Waals surface area contributed by atoms with Gasteiger partial charge in [0.1, 0.15) is 0 Å². The van der Waals surface area contributed by atoms with Crippen LogP contribution in [0.1, 0.15) is 91.0 Å². The van der Waals surface area contributed by atoms with E-state index in [1.807, 2.05) is 0 Å². The molecular formula is C29H47N5O. The molecule has 3 aliphatic carbocycles. The van der Waals surface area contributed by atoms with Crippen LogP contribution in [0.2, 0.25) is 0 Å². The predicted octanol–water partition coefficient (Wildman–Crippen LogP) is 7.02. The fourth-order valence-corrected chi connectivity index (χ4v) is 8.91. The van der Waals surface area contributed by atoms with Crippen molar-refractivity contribution in [2.45, 2.75) is 92.4 Å². The Kier molecular flexibility index (Phi) is 8.12. The van der Waals surface area contributed by atoms with Crippen LogP contribution in [-0.2, 0) is 12.8 Å². The summed E-state index contributed by atoms with van der Waals surface area (Å²) in [6, 6.07) is 0. The lowest BCUT2D eigenvalue weighted by Crippen LogP contribution is -2.53. The van der Waals surface area contributed by atoms with Crippen LogP contribution < -0.4 is 0 Å². The van der Waals surface area contributed by atoms with E-state index in [-0.39, 0.29) is 17.9 Å². The van der Waals surface area contributed by atoms with E-state index in [2.05, 4.69) is 49.6 Å². The van der Waals surface area contributed by atoms with Gasteiger partial charge in [-0.15, -0.1) is 0 Å². The van der Waals surface area contributed by atoms with Gasteiger partial charge in [-0.05, 0) is 96.3 Å². The van der Waals surface area contributed by atoms with E-state index in [0.717, 1.165) is 48.4 Å². The van der Waals surface area contributed by atoms with Gasteiger partial charge in [0, 0.05) is 30.5 Å². The summed E-state index contributed by atoms with van der Waals surface area (Å²) in [6.07, 6.45) is 14.1. The van der Waals surface area contributed by atoms with Crippen molar-refractivity contribution in [1.82, 2.24) is 9.97 Å². The smallest absolute Gasteiger partial charge is 0.0624 e. The highest BCUT2D eigenvalue weighted by Crippen LogP contribution is 2.64. The minimum Gasteiger partial charge on any atom is -0.396 e. The second-order valence-electron chi connectivity index (χ2n) is 13.0. The molecule has 0 aromatic carbocycles. The summed E-state index contributed by atoms with van der Waals surface area (Å²) < 4.78 is 0. The van der Waals surface area contributed by atoms with Crippen molar-refractivity contribution >= 4 is 0 Å². The second-order valence-corrected chi connectivity index (χ2v) is 13.0. The molecule has 3 aliphatic rings. The molecule has 194 valence electrons. The number of hydrogen-bond acceptors (Lipinski definition) is 4. The van der Waals surface area contributed by atoms with E-state index in [0.29, 0.717) is 29.7 Å². The standard InChI is InChI=1S/C29H47N5O/c1-19(2)7-6-8-20(3)23-9-10-24-22(17-33-34-30)25(11-12-28(23,24)4)29(5)16-27-26(15-21(29)18-35)31-13-14-32-27/h13-14,19-25,35H,6-12,15-18H2,1-5H3/t20?,21-,22+,23-,24+,25+,28-,29+/m1/s1. The molecule has 6 heteroatoms. The van der Waals surface area contributed by atoms with Crippen molar-refractivity contribution < 1.29 is 5.11 Å². The van der Waals surface area contributed by atoms with Gasteiger partial charge in [-0.3, -0.25) is 9.97 Å². The van der Waals surface area contributed by atoms with Crippen LogP contribution >= 0.6 is 0 Å². The normalized spacial score (nSPS) is 37.4. The Morgan fingerprint density at radius 1 is 1.06 bits per heavy atom. The molecule has 2 saturated carbocycles. The van der Waals surface area contributed by atoms with Gasteiger partial charge >= 0.3 is 0 Å². The maximum Gasteiger partial charge on any atom is 0.0624 e. The number of fused-ring (bicyclic) bond motifs is 2. The van der Waals surface area contributed by atoms with Crippen LogP contribution in [0.15, 0.2) is 17.5 Å². The van der Waals surface area contributed by atoms with Crippen LogP contribution in [0.4, 0.5) is 0 Å². The highest BCUT2D eigenvalue weighted by Gasteiger charge is 2.58. The molecule has 4 rings (SSSR count). The van der Waals surface area contributed by atoms with Gasteiger partial charge in [0.15, 0.2) is 0 Å². The summed E-state index contributed by atoms with van der Waals surface area (Å²) in [6.45, 7) is 12.8. The van der Waals surface area contributed by atoms with Crippen LogP contribution in [0, 0.1) is 52.3 Å². The van der Waals surface area contributed by atoms with Crippen LogP contribution in [-0.4, -0.2) is 28.2 Å². The van der Waals surface area contributed by atoms with Gasteiger partial charge in [0.05, 0.1) is 11.4 Å². The van der Waals surface area contributed by atoms with Crippen molar-refractivity contribution in [2.24, 2.45) is 57.4 Å². The highest BCUT2D eigenvalue weighted by molar-refractivity contribution is 5.21. The number of azide groups is 1. The summed E-state index contributed by atoms with van der Waals surface area (Å²) in [5.41, 5.74) is 11.7. The fraction of sp³-hybridized carbons (Fsp3) is 0.862. The number of aliphatic hydroxyl groups is 1. The molecule has 0 amide bonds. The Balaban J connectivity index is 1.60. The molecule has 1 N–H and O–H groups in total. The number of aromatic nitrogens is 2. The average molecular weight is 482 g/mol. The summed E-state index contributed by atoms with van der Waals surface area (Å²) >= 11 is 0. The maximum atomic E-state index is 10.5. The van der Waals surface area contributed by atoms with Crippen LogP contribution in [0.3, 0.4) is 0 Å². The minimum absolute atomic E-state index is 0.0598. The van der Waals surface area contributed by atoms with Crippen molar-refractivity contribution in [2.75, 3.05) is 13.2 Å². The number of aliphatic hydroxyl groups excluding tert-OH is 1. The van der Waals surface area contributed by atoms with Gasteiger partial charge in [-0.2, -0.15) is 0 Å². The highest BCUT2D eigenvalue weighted by atomic mass is 16.3. The first-order chi connectivity index (χ1) is 16.7. The molecule has 8 atom stereocenters. The largest absolute Gasteiger partial charge is 0.396 e.